The highest BCUT2D eigenvalue weighted by Crippen LogP contribution is 2.11. The quantitative estimate of drug-likeness (QED) is 0.495. The van der Waals surface area contributed by atoms with Gasteiger partial charge in [0.1, 0.15) is 5.75 Å². The summed E-state index contributed by atoms with van der Waals surface area (Å²) in [6.07, 6.45) is 8.36. The van der Waals surface area contributed by atoms with Crippen LogP contribution in [0.5, 0.6) is 5.75 Å². The second kappa shape index (κ2) is 12.3. The van der Waals surface area contributed by atoms with Crippen molar-refractivity contribution < 1.29 is 14.3 Å². The number of hydrogen-bond donors (Lipinski definition) is 1. The van der Waals surface area contributed by atoms with Crippen molar-refractivity contribution in [3.63, 3.8) is 0 Å². The van der Waals surface area contributed by atoms with Crippen LogP contribution in [0, 0.1) is 0 Å². The zero-order valence-corrected chi connectivity index (χ0v) is 14.7. The van der Waals surface area contributed by atoms with E-state index in [4.69, 9.17) is 4.74 Å². The van der Waals surface area contributed by atoms with Gasteiger partial charge in [0, 0.05) is 24.7 Å². The fourth-order valence-electron chi connectivity index (χ4n) is 2.36. The van der Waals surface area contributed by atoms with Crippen molar-refractivity contribution >= 4 is 18.0 Å². The molecule has 0 atom stereocenters. The maximum absolute atomic E-state index is 11.9. The first-order chi connectivity index (χ1) is 11.7. The van der Waals surface area contributed by atoms with Gasteiger partial charge in [0.2, 0.25) is 5.91 Å². The third-order valence-corrected chi connectivity index (χ3v) is 3.73. The lowest BCUT2D eigenvalue weighted by atomic mass is 10.1. The van der Waals surface area contributed by atoms with Crippen molar-refractivity contribution in [1.29, 1.82) is 0 Å². The molecule has 0 aliphatic rings. The van der Waals surface area contributed by atoms with E-state index in [1.54, 1.807) is 44.5 Å². The van der Waals surface area contributed by atoms with Gasteiger partial charge in [0.25, 0.3) is 5.91 Å². The molecule has 2 amide bonds. The van der Waals surface area contributed by atoms with Gasteiger partial charge in [-0.1, -0.05) is 25.7 Å². The van der Waals surface area contributed by atoms with Gasteiger partial charge in [0.05, 0.1) is 7.11 Å². The Labute approximate surface area is 144 Å². The third-order valence-electron chi connectivity index (χ3n) is 3.73. The molecule has 1 rings (SSSR count). The Balaban J connectivity index is 2.01. The van der Waals surface area contributed by atoms with E-state index in [1.807, 2.05) is 0 Å². The average molecular weight is 332 g/mol. The highest BCUT2D eigenvalue weighted by Gasteiger charge is 2.04. The second-order valence-corrected chi connectivity index (χ2v) is 5.64. The van der Waals surface area contributed by atoms with Crippen LogP contribution in [-0.4, -0.2) is 31.7 Å². The van der Waals surface area contributed by atoms with Crippen molar-refractivity contribution in [2.75, 3.05) is 13.7 Å². The Kier molecular flexibility index (Phi) is 10.2. The fraction of sp³-hybridized carbons (Fsp3) is 0.526. The van der Waals surface area contributed by atoms with Crippen molar-refractivity contribution in [3.8, 4) is 5.75 Å². The summed E-state index contributed by atoms with van der Waals surface area (Å²) in [6.45, 7) is 2.44. The molecule has 0 saturated carbocycles. The molecule has 0 aromatic heterocycles. The van der Waals surface area contributed by atoms with Gasteiger partial charge in [-0.05, 0) is 44.0 Å². The molecular formula is C19H28N2O3. The molecule has 0 radical (unpaired) electrons. The van der Waals surface area contributed by atoms with E-state index in [-0.39, 0.29) is 11.8 Å². The number of carbonyl (C=O) groups is 2. The molecule has 5 heteroatoms. The first kappa shape index (κ1) is 19.9. The number of amides is 2. The van der Waals surface area contributed by atoms with E-state index in [0.717, 1.165) is 44.3 Å². The third kappa shape index (κ3) is 8.46. The predicted octanol–water partition coefficient (Wildman–Crippen LogP) is 3.77. The van der Waals surface area contributed by atoms with E-state index < -0.39 is 0 Å². The molecule has 0 spiro atoms. The van der Waals surface area contributed by atoms with Crippen molar-refractivity contribution in [3.05, 3.63) is 29.8 Å². The van der Waals surface area contributed by atoms with Gasteiger partial charge >= 0.3 is 0 Å². The molecule has 1 aromatic carbocycles. The lowest BCUT2D eigenvalue weighted by Gasteiger charge is -2.06. The van der Waals surface area contributed by atoms with Crippen LogP contribution < -0.4 is 10.1 Å². The van der Waals surface area contributed by atoms with Crippen molar-refractivity contribution in [1.82, 2.24) is 5.32 Å². The summed E-state index contributed by atoms with van der Waals surface area (Å²) in [5, 5.41) is 2.93. The first-order valence-corrected chi connectivity index (χ1v) is 8.61. The molecular weight excluding hydrogens is 304 g/mol. The molecule has 132 valence electrons. The summed E-state index contributed by atoms with van der Waals surface area (Å²) in [5.41, 5.74) is 0.648. The zero-order valence-electron chi connectivity index (χ0n) is 14.7. The molecule has 0 bridgehead atoms. The van der Waals surface area contributed by atoms with Crippen LogP contribution >= 0.6 is 0 Å². The standard InChI is InChI=1S/C19H28N2O3/c1-3-20-18(22)10-8-6-4-5-7-9-15-21-19(23)16-11-13-17(24-2)14-12-16/h3,11-14H,4-10,15H2,1-2H3,(H,21,23). The minimum atomic E-state index is -0.0485. The zero-order chi connectivity index (χ0) is 17.6. The second-order valence-electron chi connectivity index (χ2n) is 5.64. The fourth-order valence-corrected chi connectivity index (χ4v) is 2.36. The highest BCUT2D eigenvalue weighted by molar-refractivity contribution is 5.94. The number of methoxy groups -OCH3 is 1. The SMILES string of the molecule is CC=NC(=O)CCCCCCCCNC(=O)c1ccc(OC)cc1. The molecule has 0 heterocycles. The van der Waals surface area contributed by atoms with Gasteiger partial charge in [-0.25, -0.2) is 4.99 Å². The molecule has 0 saturated heterocycles. The van der Waals surface area contributed by atoms with E-state index in [2.05, 4.69) is 10.3 Å². The van der Waals surface area contributed by atoms with Gasteiger partial charge in [-0.3, -0.25) is 9.59 Å². The Morgan fingerprint density at radius 2 is 1.67 bits per heavy atom. The maximum atomic E-state index is 11.9. The summed E-state index contributed by atoms with van der Waals surface area (Å²) in [6, 6.07) is 7.09. The van der Waals surface area contributed by atoms with E-state index in [0.29, 0.717) is 18.5 Å². The normalized spacial score (nSPS) is 10.8. The minimum Gasteiger partial charge on any atom is -0.497 e. The molecule has 0 unspecified atom stereocenters. The van der Waals surface area contributed by atoms with Crippen LogP contribution in [0.3, 0.4) is 0 Å². The number of unbranched alkanes of at least 4 members (excludes halogenated alkanes) is 5. The van der Waals surface area contributed by atoms with Gasteiger partial charge in [-0.2, -0.15) is 0 Å². The maximum Gasteiger partial charge on any atom is 0.251 e. The lowest BCUT2D eigenvalue weighted by molar-refractivity contribution is -0.117. The predicted molar refractivity (Wildman–Crippen MR) is 96.8 cm³/mol. The van der Waals surface area contributed by atoms with E-state index >= 15 is 0 Å². The number of rotatable bonds is 11. The Morgan fingerprint density at radius 3 is 2.29 bits per heavy atom. The summed E-state index contributed by atoms with van der Waals surface area (Å²) in [5.74, 6) is 0.668. The van der Waals surface area contributed by atoms with E-state index in [1.165, 1.54) is 0 Å². The smallest absolute Gasteiger partial charge is 0.251 e. The lowest BCUT2D eigenvalue weighted by Crippen LogP contribution is -2.24. The summed E-state index contributed by atoms with van der Waals surface area (Å²) >= 11 is 0. The van der Waals surface area contributed by atoms with Crippen LogP contribution in [-0.2, 0) is 4.79 Å². The van der Waals surface area contributed by atoms with Crippen molar-refractivity contribution in [2.24, 2.45) is 4.99 Å². The summed E-state index contributed by atoms with van der Waals surface area (Å²) in [7, 11) is 1.60. The monoisotopic (exact) mass is 332 g/mol. The molecule has 0 aliphatic heterocycles. The first-order valence-electron chi connectivity index (χ1n) is 8.61. The van der Waals surface area contributed by atoms with Crippen LogP contribution in [0.2, 0.25) is 0 Å². The number of hydrogen-bond acceptors (Lipinski definition) is 3. The van der Waals surface area contributed by atoms with Crippen LogP contribution in [0.25, 0.3) is 0 Å². The number of ether oxygens (including phenoxy) is 1. The minimum absolute atomic E-state index is 0.0289. The van der Waals surface area contributed by atoms with E-state index in [9.17, 15) is 9.59 Å². The number of benzene rings is 1. The Morgan fingerprint density at radius 1 is 1.04 bits per heavy atom. The van der Waals surface area contributed by atoms with Gasteiger partial charge < -0.3 is 10.1 Å². The molecule has 1 N–H and O–H groups in total. The summed E-state index contributed by atoms with van der Waals surface area (Å²) < 4.78 is 5.07. The molecule has 0 fully saturated rings. The number of nitrogens with one attached hydrogen (secondary N) is 1. The number of aliphatic imine (C=N–C) groups is 1. The van der Waals surface area contributed by atoms with Crippen LogP contribution in [0.4, 0.5) is 0 Å². The summed E-state index contributed by atoms with van der Waals surface area (Å²) in [4.78, 5) is 26.9. The number of carbonyl (C=O) groups excluding carboxylic acids is 2. The van der Waals surface area contributed by atoms with Crippen LogP contribution in [0.15, 0.2) is 29.3 Å². The van der Waals surface area contributed by atoms with Crippen molar-refractivity contribution in [2.45, 2.75) is 51.9 Å². The highest BCUT2D eigenvalue weighted by atomic mass is 16.5. The largest absolute Gasteiger partial charge is 0.497 e. The molecule has 0 aliphatic carbocycles. The Bertz CT molecular complexity index is 524. The Hall–Kier alpha value is -2.17. The topological polar surface area (TPSA) is 67.8 Å². The number of nitrogens with zero attached hydrogens (tertiary/aromatic N) is 1. The average Bonchev–Trinajstić information content (AvgIpc) is 2.60. The molecule has 5 nitrogen and oxygen atoms in total. The molecule has 24 heavy (non-hydrogen) atoms. The molecule has 1 aromatic rings. The van der Waals surface area contributed by atoms with Gasteiger partial charge in [-0.15, -0.1) is 0 Å². The van der Waals surface area contributed by atoms with Gasteiger partial charge in [0.15, 0.2) is 0 Å². The van der Waals surface area contributed by atoms with Crippen LogP contribution in [0.1, 0.15) is 62.2 Å².